The third-order valence-electron chi connectivity index (χ3n) is 4.00. The number of rotatable bonds is 5. The van der Waals surface area contributed by atoms with Crippen molar-refractivity contribution in [1.29, 1.82) is 0 Å². The number of nitrogens with two attached hydrogens (primary N) is 1. The lowest BCUT2D eigenvalue weighted by atomic mass is 10.0. The number of carbonyl (C=O) groups excluding carboxylic acids is 1. The van der Waals surface area contributed by atoms with Crippen LogP contribution in [-0.4, -0.2) is 36.5 Å². The Labute approximate surface area is 145 Å². The van der Waals surface area contributed by atoms with Crippen molar-refractivity contribution in [2.75, 3.05) is 25.4 Å². The van der Waals surface area contributed by atoms with Gasteiger partial charge in [0.2, 0.25) is 0 Å². The molecule has 22 heavy (non-hydrogen) atoms. The van der Waals surface area contributed by atoms with Crippen molar-refractivity contribution in [3.05, 3.63) is 29.8 Å². The number of hydrogen-bond donors (Lipinski definition) is 2. The Morgan fingerprint density at radius 3 is 2.82 bits per heavy atom. The van der Waals surface area contributed by atoms with Crippen molar-refractivity contribution in [2.45, 2.75) is 38.6 Å². The van der Waals surface area contributed by atoms with Gasteiger partial charge in [-0.25, -0.2) is 0 Å². The van der Waals surface area contributed by atoms with Crippen LogP contribution in [-0.2, 0) is 0 Å². The van der Waals surface area contributed by atoms with Crippen LogP contribution in [0, 0.1) is 0 Å². The second kappa shape index (κ2) is 10.7. The Balaban J connectivity index is 0.00000220. The van der Waals surface area contributed by atoms with Crippen molar-refractivity contribution in [2.24, 2.45) is 0 Å². The number of nitrogen functional groups attached to an aromatic ring is 1. The number of anilines is 1. The highest BCUT2D eigenvalue weighted by atomic mass is 35.5. The maximum atomic E-state index is 11.9. The van der Waals surface area contributed by atoms with E-state index in [1.165, 1.54) is 25.8 Å². The summed E-state index contributed by atoms with van der Waals surface area (Å²) < 4.78 is 0. The molecule has 1 amide bonds. The number of benzene rings is 1. The van der Waals surface area contributed by atoms with Gasteiger partial charge >= 0.3 is 0 Å². The topological polar surface area (TPSA) is 58.4 Å². The van der Waals surface area contributed by atoms with Crippen molar-refractivity contribution in [3.63, 3.8) is 0 Å². The molecule has 0 aromatic heterocycles. The van der Waals surface area contributed by atoms with Crippen LogP contribution in [0.5, 0.6) is 0 Å². The summed E-state index contributed by atoms with van der Waals surface area (Å²) in [6, 6.07) is 7.78. The van der Waals surface area contributed by atoms with Crippen molar-refractivity contribution >= 4 is 36.4 Å². The zero-order valence-corrected chi connectivity index (χ0v) is 14.7. The SMILES string of the molecule is CC1CCCCN1CCCNC(=O)c1cccc(N)c1.Cl.Cl. The Hall–Kier alpha value is -0.970. The van der Waals surface area contributed by atoms with Gasteiger partial charge in [0.05, 0.1) is 0 Å². The molecule has 1 heterocycles. The van der Waals surface area contributed by atoms with Crippen LogP contribution < -0.4 is 11.1 Å². The molecule has 0 saturated carbocycles. The minimum atomic E-state index is -0.0380. The monoisotopic (exact) mass is 347 g/mol. The van der Waals surface area contributed by atoms with E-state index in [9.17, 15) is 4.79 Å². The van der Waals surface area contributed by atoms with Gasteiger partial charge in [0.25, 0.3) is 5.91 Å². The number of likely N-dealkylation sites (tertiary alicyclic amines) is 1. The second-order valence-electron chi connectivity index (χ2n) is 5.62. The molecule has 6 heteroatoms. The second-order valence-corrected chi connectivity index (χ2v) is 5.62. The summed E-state index contributed by atoms with van der Waals surface area (Å²) in [6.45, 7) is 5.28. The van der Waals surface area contributed by atoms with E-state index in [0.29, 0.717) is 17.3 Å². The molecule has 1 atom stereocenters. The fraction of sp³-hybridized carbons (Fsp3) is 0.562. The van der Waals surface area contributed by atoms with Crippen LogP contribution in [0.4, 0.5) is 5.69 Å². The first-order valence-electron chi connectivity index (χ1n) is 7.54. The summed E-state index contributed by atoms with van der Waals surface area (Å²) in [7, 11) is 0. The lowest BCUT2D eigenvalue weighted by Gasteiger charge is -2.33. The molecule has 1 aromatic carbocycles. The van der Waals surface area contributed by atoms with Crippen LogP contribution in [0.1, 0.15) is 43.0 Å². The minimum Gasteiger partial charge on any atom is -0.399 e. The lowest BCUT2D eigenvalue weighted by Crippen LogP contribution is -2.39. The molecule has 2 rings (SSSR count). The average molecular weight is 348 g/mol. The third-order valence-corrected chi connectivity index (χ3v) is 4.00. The number of amides is 1. The molecular weight excluding hydrogens is 321 g/mol. The van der Waals surface area contributed by atoms with Crippen molar-refractivity contribution in [3.8, 4) is 0 Å². The molecule has 1 saturated heterocycles. The van der Waals surface area contributed by atoms with E-state index in [0.717, 1.165) is 19.5 Å². The fourth-order valence-electron chi connectivity index (χ4n) is 2.76. The highest BCUT2D eigenvalue weighted by Gasteiger charge is 2.17. The normalized spacial score (nSPS) is 18.0. The third kappa shape index (κ3) is 6.42. The largest absolute Gasteiger partial charge is 0.399 e. The molecule has 1 fully saturated rings. The first kappa shape index (κ1) is 21.0. The number of halogens is 2. The molecule has 1 aliphatic rings. The standard InChI is InChI=1S/C16H25N3O.2ClH/c1-13-6-2-3-10-19(13)11-5-9-18-16(20)14-7-4-8-15(17)12-14;;/h4,7-8,12-13H,2-3,5-6,9-11,17H2,1H3,(H,18,20);2*1H. The van der Waals surface area contributed by atoms with Gasteiger partial charge in [0.1, 0.15) is 0 Å². The van der Waals surface area contributed by atoms with E-state index in [-0.39, 0.29) is 30.7 Å². The first-order chi connectivity index (χ1) is 9.66. The number of nitrogens with zero attached hydrogens (tertiary/aromatic N) is 1. The molecule has 0 aliphatic carbocycles. The van der Waals surface area contributed by atoms with Crippen LogP contribution in [0.3, 0.4) is 0 Å². The quantitative estimate of drug-likeness (QED) is 0.635. The predicted octanol–water partition coefficient (Wildman–Crippen LogP) is 3.11. The number of hydrogen-bond acceptors (Lipinski definition) is 3. The molecular formula is C16H27Cl2N3O. The van der Waals surface area contributed by atoms with Gasteiger partial charge in [-0.2, -0.15) is 0 Å². The van der Waals surface area contributed by atoms with Crippen molar-refractivity contribution < 1.29 is 4.79 Å². The van der Waals surface area contributed by atoms with Gasteiger partial charge in [-0.3, -0.25) is 4.79 Å². The van der Waals surface area contributed by atoms with Gasteiger partial charge in [0.15, 0.2) is 0 Å². The van der Waals surface area contributed by atoms with E-state index in [1.54, 1.807) is 24.3 Å². The zero-order chi connectivity index (χ0) is 14.4. The first-order valence-corrected chi connectivity index (χ1v) is 7.54. The van der Waals surface area contributed by atoms with E-state index >= 15 is 0 Å². The molecule has 0 bridgehead atoms. The smallest absolute Gasteiger partial charge is 0.251 e. The Morgan fingerprint density at radius 1 is 1.36 bits per heavy atom. The van der Waals surface area contributed by atoms with Gasteiger partial charge < -0.3 is 16.0 Å². The van der Waals surface area contributed by atoms with Crippen LogP contribution in [0.15, 0.2) is 24.3 Å². The number of piperidine rings is 1. The number of nitrogens with one attached hydrogen (secondary N) is 1. The average Bonchev–Trinajstić information content (AvgIpc) is 2.45. The molecule has 4 nitrogen and oxygen atoms in total. The zero-order valence-electron chi connectivity index (χ0n) is 13.1. The van der Waals surface area contributed by atoms with E-state index in [1.807, 2.05) is 0 Å². The van der Waals surface area contributed by atoms with Gasteiger partial charge in [-0.1, -0.05) is 12.5 Å². The fourth-order valence-corrected chi connectivity index (χ4v) is 2.76. The van der Waals surface area contributed by atoms with Gasteiger partial charge in [-0.05, 0) is 50.9 Å². The molecule has 0 radical (unpaired) electrons. The summed E-state index contributed by atoms with van der Waals surface area (Å²) in [5.41, 5.74) is 6.94. The summed E-state index contributed by atoms with van der Waals surface area (Å²) >= 11 is 0. The Morgan fingerprint density at radius 2 is 2.14 bits per heavy atom. The molecule has 1 aliphatic heterocycles. The Kier molecular flexibility index (Phi) is 10.2. The summed E-state index contributed by atoms with van der Waals surface area (Å²) in [6.07, 6.45) is 4.96. The molecule has 126 valence electrons. The van der Waals surface area contributed by atoms with E-state index in [2.05, 4.69) is 17.1 Å². The van der Waals surface area contributed by atoms with Crippen LogP contribution in [0.2, 0.25) is 0 Å². The molecule has 1 unspecified atom stereocenters. The Bertz CT molecular complexity index is 457. The maximum Gasteiger partial charge on any atom is 0.251 e. The van der Waals surface area contributed by atoms with Gasteiger partial charge in [-0.15, -0.1) is 24.8 Å². The summed E-state index contributed by atoms with van der Waals surface area (Å²) in [5, 5.41) is 2.96. The summed E-state index contributed by atoms with van der Waals surface area (Å²) in [4.78, 5) is 14.5. The van der Waals surface area contributed by atoms with E-state index < -0.39 is 0 Å². The predicted molar refractivity (Wildman–Crippen MR) is 97.2 cm³/mol. The van der Waals surface area contributed by atoms with Crippen molar-refractivity contribution in [1.82, 2.24) is 10.2 Å². The molecule has 3 N–H and O–H groups in total. The van der Waals surface area contributed by atoms with Gasteiger partial charge in [0, 0.05) is 30.4 Å². The van der Waals surface area contributed by atoms with E-state index in [4.69, 9.17) is 5.73 Å². The maximum absolute atomic E-state index is 11.9. The highest BCUT2D eigenvalue weighted by molar-refractivity contribution is 5.94. The summed E-state index contributed by atoms with van der Waals surface area (Å²) in [5.74, 6) is -0.0380. The van der Waals surface area contributed by atoms with Crippen LogP contribution >= 0.6 is 24.8 Å². The number of carbonyl (C=O) groups is 1. The van der Waals surface area contributed by atoms with Crippen LogP contribution in [0.25, 0.3) is 0 Å². The molecule has 1 aromatic rings. The molecule has 0 spiro atoms. The minimum absolute atomic E-state index is 0. The lowest BCUT2D eigenvalue weighted by molar-refractivity contribution is 0.0949. The highest BCUT2D eigenvalue weighted by Crippen LogP contribution is 2.16.